The van der Waals surface area contributed by atoms with Crippen LogP contribution in [0.5, 0.6) is 0 Å². The number of carbonyl (C=O) groups is 1. The lowest BCUT2D eigenvalue weighted by Crippen LogP contribution is -2.15. The molecule has 0 fully saturated rings. The molecular formula is C12H24O3. The molecule has 0 rings (SSSR count). The van der Waals surface area contributed by atoms with Crippen LogP contribution in [0.25, 0.3) is 0 Å². The second-order valence-corrected chi connectivity index (χ2v) is 4.00. The molecule has 0 aromatic carbocycles. The van der Waals surface area contributed by atoms with E-state index >= 15 is 0 Å². The van der Waals surface area contributed by atoms with E-state index < -0.39 is 0 Å². The van der Waals surface area contributed by atoms with Gasteiger partial charge in [-0.1, -0.05) is 26.7 Å². The van der Waals surface area contributed by atoms with Gasteiger partial charge in [0.05, 0.1) is 12.5 Å². The maximum atomic E-state index is 11.4. The summed E-state index contributed by atoms with van der Waals surface area (Å²) in [6.45, 7) is 4.76. The highest BCUT2D eigenvalue weighted by molar-refractivity contribution is 5.71. The number of esters is 1. The second-order valence-electron chi connectivity index (χ2n) is 4.00. The van der Waals surface area contributed by atoms with Gasteiger partial charge in [0.1, 0.15) is 0 Å². The lowest BCUT2D eigenvalue weighted by Gasteiger charge is -2.10. The maximum Gasteiger partial charge on any atom is 0.308 e. The molecule has 1 unspecified atom stereocenters. The molecule has 90 valence electrons. The molecule has 15 heavy (non-hydrogen) atoms. The van der Waals surface area contributed by atoms with Crippen molar-refractivity contribution in [3.63, 3.8) is 0 Å². The van der Waals surface area contributed by atoms with Crippen LogP contribution in [0, 0.1) is 5.92 Å². The molecule has 3 heteroatoms. The average molecular weight is 216 g/mol. The summed E-state index contributed by atoms with van der Waals surface area (Å²) in [7, 11) is 0. The lowest BCUT2D eigenvalue weighted by atomic mass is 10.1. The predicted molar refractivity (Wildman–Crippen MR) is 60.6 cm³/mol. The number of rotatable bonds is 9. The third kappa shape index (κ3) is 8.43. The minimum Gasteiger partial charge on any atom is -0.465 e. The maximum absolute atomic E-state index is 11.4. The molecule has 0 heterocycles. The largest absolute Gasteiger partial charge is 0.465 e. The Morgan fingerprint density at radius 2 is 2.00 bits per heavy atom. The average Bonchev–Trinajstić information content (AvgIpc) is 2.25. The molecule has 0 aromatic rings. The van der Waals surface area contributed by atoms with Gasteiger partial charge in [-0.3, -0.25) is 4.79 Å². The highest BCUT2D eigenvalue weighted by Crippen LogP contribution is 2.09. The van der Waals surface area contributed by atoms with E-state index in [1.54, 1.807) is 0 Å². The summed E-state index contributed by atoms with van der Waals surface area (Å²) in [4.78, 5) is 11.4. The fourth-order valence-corrected chi connectivity index (χ4v) is 1.33. The van der Waals surface area contributed by atoms with Crippen LogP contribution in [-0.2, 0) is 9.53 Å². The topological polar surface area (TPSA) is 46.5 Å². The molecule has 1 atom stereocenters. The van der Waals surface area contributed by atoms with Crippen molar-refractivity contribution in [2.24, 2.45) is 5.92 Å². The van der Waals surface area contributed by atoms with E-state index in [-0.39, 0.29) is 18.5 Å². The SMILES string of the molecule is CCCCC(C)C(=O)OCCCCCO. The molecule has 0 radical (unpaired) electrons. The Kier molecular flexibility index (Phi) is 9.59. The third-order valence-corrected chi connectivity index (χ3v) is 2.44. The van der Waals surface area contributed by atoms with Gasteiger partial charge in [-0.2, -0.15) is 0 Å². The second kappa shape index (κ2) is 9.97. The Hall–Kier alpha value is -0.570. The van der Waals surface area contributed by atoms with Crippen LogP contribution in [0.3, 0.4) is 0 Å². The first-order chi connectivity index (χ1) is 7.22. The first-order valence-electron chi connectivity index (χ1n) is 5.99. The Balaban J connectivity index is 3.38. The minimum absolute atomic E-state index is 0.0304. The number of hydrogen-bond acceptors (Lipinski definition) is 3. The summed E-state index contributed by atoms with van der Waals surface area (Å²) in [5, 5.41) is 8.55. The third-order valence-electron chi connectivity index (χ3n) is 2.44. The van der Waals surface area contributed by atoms with Gasteiger partial charge in [0.2, 0.25) is 0 Å². The van der Waals surface area contributed by atoms with Crippen molar-refractivity contribution in [2.45, 2.75) is 52.4 Å². The fourth-order valence-electron chi connectivity index (χ4n) is 1.33. The Morgan fingerprint density at radius 3 is 2.60 bits per heavy atom. The molecule has 0 bridgehead atoms. The zero-order chi connectivity index (χ0) is 11.5. The number of ether oxygens (including phenoxy) is 1. The highest BCUT2D eigenvalue weighted by Gasteiger charge is 2.12. The van der Waals surface area contributed by atoms with Crippen LogP contribution in [0.2, 0.25) is 0 Å². The van der Waals surface area contributed by atoms with E-state index in [4.69, 9.17) is 9.84 Å². The zero-order valence-electron chi connectivity index (χ0n) is 10.00. The molecule has 0 aromatic heterocycles. The molecule has 0 saturated heterocycles. The fraction of sp³-hybridized carbons (Fsp3) is 0.917. The van der Waals surface area contributed by atoms with Gasteiger partial charge in [-0.05, 0) is 25.7 Å². The van der Waals surface area contributed by atoms with Crippen molar-refractivity contribution >= 4 is 5.97 Å². The molecule has 0 saturated carbocycles. The standard InChI is InChI=1S/C12H24O3/c1-3-4-8-11(2)12(14)15-10-7-5-6-9-13/h11,13H,3-10H2,1-2H3. The number of aliphatic hydroxyl groups excluding tert-OH is 1. The number of unbranched alkanes of at least 4 members (excludes halogenated alkanes) is 3. The first kappa shape index (κ1) is 14.4. The zero-order valence-corrected chi connectivity index (χ0v) is 10.00. The molecule has 0 amide bonds. The van der Waals surface area contributed by atoms with Crippen molar-refractivity contribution in [1.82, 2.24) is 0 Å². The summed E-state index contributed by atoms with van der Waals surface area (Å²) in [5.74, 6) is -0.0461. The van der Waals surface area contributed by atoms with Crippen molar-refractivity contribution in [2.75, 3.05) is 13.2 Å². The van der Waals surface area contributed by atoms with Crippen LogP contribution >= 0.6 is 0 Å². The predicted octanol–water partition coefficient (Wildman–Crippen LogP) is 2.52. The van der Waals surface area contributed by atoms with E-state index in [0.717, 1.165) is 38.5 Å². The van der Waals surface area contributed by atoms with E-state index in [1.165, 1.54) is 0 Å². The quantitative estimate of drug-likeness (QED) is 0.476. The lowest BCUT2D eigenvalue weighted by molar-refractivity contribution is -0.148. The summed E-state index contributed by atoms with van der Waals surface area (Å²) in [6, 6.07) is 0. The van der Waals surface area contributed by atoms with Gasteiger partial charge in [-0.25, -0.2) is 0 Å². The van der Waals surface area contributed by atoms with E-state index in [1.807, 2.05) is 6.92 Å². The Morgan fingerprint density at radius 1 is 1.27 bits per heavy atom. The first-order valence-corrected chi connectivity index (χ1v) is 5.99. The van der Waals surface area contributed by atoms with Crippen LogP contribution in [0.15, 0.2) is 0 Å². The molecular weight excluding hydrogens is 192 g/mol. The van der Waals surface area contributed by atoms with Crippen LogP contribution in [0.4, 0.5) is 0 Å². The summed E-state index contributed by atoms with van der Waals surface area (Å²) in [5.41, 5.74) is 0. The Labute approximate surface area is 92.8 Å². The molecule has 0 spiro atoms. The molecule has 3 nitrogen and oxygen atoms in total. The van der Waals surface area contributed by atoms with E-state index in [2.05, 4.69) is 6.92 Å². The van der Waals surface area contributed by atoms with Crippen molar-refractivity contribution < 1.29 is 14.6 Å². The van der Waals surface area contributed by atoms with Crippen LogP contribution < -0.4 is 0 Å². The van der Waals surface area contributed by atoms with Crippen molar-refractivity contribution in [3.05, 3.63) is 0 Å². The van der Waals surface area contributed by atoms with Gasteiger partial charge < -0.3 is 9.84 Å². The van der Waals surface area contributed by atoms with Crippen LogP contribution in [0.1, 0.15) is 52.4 Å². The van der Waals surface area contributed by atoms with Gasteiger partial charge >= 0.3 is 5.97 Å². The molecule has 0 aliphatic heterocycles. The summed E-state index contributed by atoms with van der Waals surface area (Å²) < 4.78 is 5.13. The van der Waals surface area contributed by atoms with Gasteiger partial charge in [-0.15, -0.1) is 0 Å². The normalized spacial score (nSPS) is 12.5. The smallest absolute Gasteiger partial charge is 0.308 e. The van der Waals surface area contributed by atoms with E-state index in [9.17, 15) is 4.79 Å². The molecule has 1 N–H and O–H groups in total. The number of hydrogen-bond donors (Lipinski definition) is 1. The number of aliphatic hydroxyl groups is 1. The Bertz CT molecular complexity index is 157. The van der Waals surface area contributed by atoms with E-state index in [0.29, 0.717) is 6.61 Å². The highest BCUT2D eigenvalue weighted by atomic mass is 16.5. The van der Waals surface area contributed by atoms with Gasteiger partial charge in [0.15, 0.2) is 0 Å². The van der Waals surface area contributed by atoms with Crippen molar-refractivity contribution in [3.8, 4) is 0 Å². The van der Waals surface area contributed by atoms with Gasteiger partial charge in [0.25, 0.3) is 0 Å². The minimum atomic E-state index is -0.0764. The summed E-state index contributed by atoms with van der Waals surface area (Å²) in [6.07, 6.45) is 5.70. The molecule has 0 aliphatic rings. The summed E-state index contributed by atoms with van der Waals surface area (Å²) >= 11 is 0. The molecule has 0 aliphatic carbocycles. The van der Waals surface area contributed by atoms with Crippen LogP contribution in [-0.4, -0.2) is 24.3 Å². The monoisotopic (exact) mass is 216 g/mol. The van der Waals surface area contributed by atoms with Crippen molar-refractivity contribution in [1.29, 1.82) is 0 Å². The number of carbonyl (C=O) groups excluding carboxylic acids is 1. The van der Waals surface area contributed by atoms with Gasteiger partial charge in [0, 0.05) is 6.61 Å².